The minimum Gasteiger partial charge on any atom is -0.460 e. The van der Waals surface area contributed by atoms with Gasteiger partial charge in [0.15, 0.2) is 0 Å². The molecule has 120 valence electrons. The van der Waals surface area contributed by atoms with Crippen LogP contribution >= 0.6 is 0 Å². The molecule has 0 spiro atoms. The first-order valence-corrected chi connectivity index (χ1v) is 8.77. The maximum absolute atomic E-state index is 5.86. The van der Waals surface area contributed by atoms with Crippen LogP contribution in [-0.2, 0) is 0 Å². The van der Waals surface area contributed by atoms with E-state index in [1.807, 2.05) is 6.07 Å². The van der Waals surface area contributed by atoms with Crippen molar-refractivity contribution in [2.75, 3.05) is 32.7 Å². The molecule has 1 saturated carbocycles. The Labute approximate surface area is 132 Å². The van der Waals surface area contributed by atoms with E-state index >= 15 is 0 Å². The lowest BCUT2D eigenvalue weighted by Crippen LogP contribution is -2.43. The molecule has 0 amide bonds. The highest BCUT2D eigenvalue weighted by molar-refractivity contribution is 4.95. The van der Waals surface area contributed by atoms with Crippen LogP contribution in [0, 0.1) is 5.92 Å². The molecule has 0 radical (unpaired) electrons. The predicted molar refractivity (Wildman–Crippen MR) is 84.8 cm³/mol. The number of hydrogen-bond donors (Lipinski definition) is 0. The second-order valence-electron chi connectivity index (χ2n) is 7.02. The van der Waals surface area contributed by atoms with Crippen molar-refractivity contribution in [1.29, 1.82) is 0 Å². The Bertz CT molecular complexity index is 475. The highest BCUT2D eigenvalue weighted by Gasteiger charge is 2.37. The van der Waals surface area contributed by atoms with Crippen molar-refractivity contribution in [3.8, 4) is 6.01 Å². The van der Waals surface area contributed by atoms with Crippen molar-refractivity contribution >= 4 is 0 Å². The maximum atomic E-state index is 5.86. The minimum absolute atomic E-state index is 0.279. The van der Waals surface area contributed by atoms with Gasteiger partial charge >= 0.3 is 6.01 Å². The zero-order valence-corrected chi connectivity index (χ0v) is 13.2. The van der Waals surface area contributed by atoms with Gasteiger partial charge in [-0.2, -0.15) is 0 Å². The molecule has 4 rings (SSSR count). The SMILES string of the molecule is c1cnc(OC2CCN(CCN3C[C@H]4CC[C@@H]3C4)CC2)nc1. The zero-order valence-electron chi connectivity index (χ0n) is 13.2. The van der Waals surface area contributed by atoms with Gasteiger partial charge in [0, 0.05) is 51.2 Å². The largest absolute Gasteiger partial charge is 0.460 e. The molecule has 3 fully saturated rings. The van der Waals surface area contributed by atoms with Gasteiger partial charge in [-0.3, -0.25) is 4.90 Å². The Balaban J connectivity index is 1.18. The van der Waals surface area contributed by atoms with Gasteiger partial charge in [-0.25, -0.2) is 9.97 Å². The lowest BCUT2D eigenvalue weighted by atomic mass is 10.1. The molecule has 1 aromatic rings. The molecule has 1 aliphatic carbocycles. The van der Waals surface area contributed by atoms with E-state index in [4.69, 9.17) is 4.74 Å². The monoisotopic (exact) mass is 302 g/mol. The predicted octanol–water partition coefficient (Wildman–Crippen LogP) is 1.80. The first kappa shape index (κ1) is 14.4. The Morgan fingerprint density at radius 3 is 2.55 bits per heavy atom. The molecule has 22 heavy (non-hydrogen) atoms. The first-order valence-electron chi connectivity index (χ1n) is 8.77. The van der Waals surface area contributed by atoms with Crippen molar-refractivity contribution < 1.29 is 4.74 Å². The molecular formula is C17H26N4O. The fourth-order valence-corrected chi connectivity index (χ4v) is 4.32. The molecule has 3 heterocycles. The molecule has 0 aromatic carbocycles. The van der Waals surface area contributed by atoms with Crippen LogP contribution in [0.4, 0.5) is 0 Å². The summed E-state index contributed by atoms with van der Waals surface area (Å²) < 4.78 is 5.86. The smallest absolute Gasteiger partial charge is 0.316 e. The molecule has 2 saturated heterocycles. The van der Waals surface area contributed by atoms with Gasteiger partial charge in [0.1, 0.15) is 6.10 Å². The summed E-state index contributed by atoms with van der Waals surface area (Å²) in [7, 11) is 0. The molecule has 5 nitrogen and oxygen atoms in total. The third-order valence-electron chi connectivity index (χ3n) is 5.57. The summed E-state index contributed by atoms with van der Waals surface area (Å²) in [6.07, 6.45) is 10.3. The zero-order chi connectivity index (χ0) is 14.8. The molecule has 5 heteroatoms. The molecule has 0 unspecified atom stereocenters. The van der Waals surface area contributed by atoms with Gasteiger partial charge in [0.25, 0.3) is 0 Å². The number of fused-ring (bicyclic) bond motifs is 2. The third-order valence-corrected chi connectivity index (χ3v) is 5.57. The van der Waals surface area contributed by atoms with E-state index in [1.54, 1.807) is 12.4 Å². The molecule has 1 aromatic heterocycles. The molecule has 2 aliphatic heterocycles. The number of likely N-dealkylation sites (tertiary alicyclic amines) is 2. The van der Waals surface area contributed by atoms with E-state index < -0.39 is 0 Å². The highest BCUT2D eigenvalue weighted by Crippen LogP contribution is 2.37. The number of ether oxygens (including phenoxy) is 1. The van der Waals surface area contributed by atoms with Crippen LogP contribution in [0.2, 0.25) is 0 Å². The number of nitrogens with zero attached hydrogens (tertiary/aromatic N) is 4. The third kappa shape index (κ3) is 3.25. The molecule has 3 aliphatic rings. The van der Waals surface area contributed by atoms with Gasteiger partial charge in [0.2, 0.25) is 0 Å². The summed E-state index contributed by atoms with van der Waals surface area (Å²) in [6.45, 7) is 6.11. The van der Waals surface area contributed by atoms with E-state index in [1.165, 1.54) is 38.9 Å². The van der Waals surface area contributed by atoms with Gasteiger partial charge < -0.3 is 9.64 Å². The van der Waals surface area contributed by atoms with Crippen LogP contribution in [0.3, 0.4) is 0 Å². The number of rotatable bonds is 5. The van der Waals surface area contributed by atoms with Crippen LogP contribution in [0.25, 0.3) is 0 Å². The second-order valence-corrected chi connectivity index (χ2v) is 7.02. The fourth-order valence-electron chi connectivity index (χ4n) is 4.32. The lowest BCUT2D eigenvalue weighted by Gasteiger charge is -2.34. The van der Waals surface area contributed by atoms with Crippen molar-refractivity contribution in [1.82, 2.24) is 19.8 Å². The summed E-state index contributed by atoms with van der Waals surface area (Å²) in [5.74, 6) is 1.01. The molecular weight excluding hydrogens is 276 g/mol. The average molecular weight is 302 g/mol. The summed E-state index contributed by atoms with van der Waals surface area (Å²) in [6, 6.07) is 3.25. The van der Waals surface area contributed by atoms with Crippen LogP contribution < -0.4 is 4.74 Å². The molecule has 2 bridgehead atoms. The Hall–Kier alpha value is -1.20. The fraction of sp³-hybridized carbons (Fsp3) is 0.765. The summed E-state index contributed by atoms with van der Waals surface area (Å²) in [4.78, 5) is 13.6. The number of hydrogen-bond acceptors (Lipinski definition) is 5. The van der Waals surface area contributed by atoms with Crippen molar-refractivity contribution in [3.05, 3.63) is 18.5 Å². The van der Waals surface area contributed by atoms with Gasteiger partial charge in [-0.05, 0) is 44.1 Å². The maximum Gasteiger partial charge on any atom is 0.316 e. The Morgan fingerprint density at radius 2 is 1.86 bits per heavy atom. The van der Waals surface area contributed by atoms with E-state index in [0.29, 0.717) is 6.01 Å². The summed E-state index contributed by atoms with van der Waals surface area (Å²) in [5, 5.41) is 0. The topological polar surface area (TPSA) is 41.5 Å². The standard InChI is InChI=1S/C17H26N4O/c1-6-18-17(19-7-1)22-16-4-8-20(9-5-16)10-11-21-13-14-2-3-15(21)12-14/h1,6-7,14-16H,2-5,8-13H2/t14-,15+/m0/s1. The van der Waals surface area contributed by atoms with E-state index in [2.05, 4.69) is 19.8 Å². The van der Waals surface area contributed by atoms with E-state index in [9.17, 15) is 0 Å². The van der Waals surface area contributed by atoms with E-state index in [-0.39, 0.29) is 6.10 Å². The summed E-state index contributed by atoms with van der Waals surface area (Å²) in [5.41, 5.74) is 0. The van der Waals surface area contributed by atoms with Crippen LogP contribution in [0.1, 0.15) is 32.1 Å². The molecule has 0 N–H and O–H groups in total. The van der Waals surface area contributed by atoms with Crippen LogP contribution in [0.5, 0.6) is 6.01 Å². The van der Waals surface area contributed by atoms with Crippen molar-refractivity contribution in [3.63, 3.8) is 0 Å². The summed E-state index contributed by atoms with van der Waals surface area (Å²) >= 11 is 0. The normalized spacial score (nSPS) is 30.0. The van der Waals surface area contributed by atoms with Crippen molar-refractivity contribution in [2.24, 2.45) is 5.92 Å². The Morgan fingerprint density at radius 1 is 1.05 bits per heavy atom. The van der Waals surface area contributed by atoms with Gasteiger partial charge in [0.05, 0.1) is 0 Å². The first-order chi connectivity index (χ1) is 10.9. The van der Waals surface area contributed by atoms with Crippen LogP contribution in [0.15, 0.2) is 18.5 Å². The average Bonchev–Trinajstić information content (AvgIpc) is 3.18. The second kappa shape index (κ2) is 6.50. The van der Waals surface area contributed by atoms with Crippen molar-refractivity contribution in [2.45, 2.75) is 44.2 Å². The molecule has 2 atom stereocenters. The minimum atomic E-state index is 0.279. The number of aromatic nitrogens is 2. The van der Waals surface area contributed by atoms with E-state index in [0.717, 1.165) is 37.9 Å². The highest BCUT2D eigenvalue weighted by atomic mass is 16.5. The van der Waals surface area contributed by atoms with Crippen LogP contribution in [-0.4, -0.2) is 64.6 Å². The Kier molecular flexibility index (Phi) is 4.26. The quantitative estimate of drug-likeness (QED) is 0.830. The van der Waals surface area contributed by atoms with Gasteiger partial charge in [-0.15, -0.1) is 0 Å². The number of piperidine rings is 2. The van der Waals surface area contributed by atoms with Gasteiger partial charge in [-0.1, -0.05) is 0 Å². The lowest BCUT2D eigenvalue weighted by molar-refractivity contribution is 0.0827.